The number of nitrogens with zero attached hydrogens (tertiary/aromatic N) is 2. The maximum Gasteiger partial charge on any atom is 0.192 e. The Morgan fingerprint density at radius 3 is 2.78 bits per heavy atom. The first-order chi connectivity index (χ1) is 8.58. The van der Waals surface area contributed by atoms with Gasteiger partial charge in [0, 0.05) is 16.8 Å². The van der Waals surface area contributed by atoms with Crippen molar-refractivity contribution >= 4 is 17.5 Å². The number of rotatable bonds is 3. The van der Waals surface area contributed by atoms with Crippen LogP contribution in [0.3, 0.4) is 0 Å². The summed E-state index contributed by atoms with van der Waals surface area (Å²) in [5.41, 5.74) is 0.917. The lowest BCUT2D eigenvalue weighted by Gasteiger charge is -2.06. The van der Waals surface area contributed by atoms with Crippen LogP contribution in [0, 0.1) is 12.7 Å². The monoisotopic (exact) mass is 262 g/mol. The van der Waals surface area contributed by atoms with E-state index in [0.717, 1.165) is 5.69 Å². The fourth-order valence-electron chi connectivity index (χ4n) is 1.50. The lowest BCUT2D eigenvalue weighted by Crippen LogP contribution is -2.00. The molecule has 1 heterocycles. The maximum atomic E-state index is 13.6. The summed E-state index contributed by atoms with van der Waals surface area (Å²) in [4.78, 5) is 20.3. The second kappa shape index (κ2) is 5.27. The molecule has 0 bridgehead atoms. The molecule has 3 nitrogen and oxygen atoms in total. The molecule has 0 unspecified atom stereocenters. The molecule has 0 aliphatic rings. The first-order valence-corrected chi connectivity index (χ1v) is 6.16. The normalized spacial score (nSPS) is 10.4. The van der Waals surface area contributed by atoms with Crippen LogP contribution >= 0.6 is 11.8 Å². The molecule has 2 rings (SSSR count). The van der Waals surface area contributed by atoms with Crippen LogP contribution in [0.1, 0.15) is 23.0 Å². The Morgan fingerprint density at radius 2 is 2.11 bits per heavy atom. The smallest absolute Gasteiger partial charge is 0.192 e. The van der Waals surface area contributed by atoms with Crippen molar-refractivity contribution < 1.29 is 9.18 Å². The van der Waals surface area contributed by atoms with Crippen molar-refractivity contribution in [2.75, 3.05) is 0 Å². The molecule has 92 valence electrons. The summed E-state index contributed by atoms with van der Waals surface area (Å²) in [6.07, 6.45) is 1.64. The number of ketones is 1. The first kappa shape index (κ1) is 12.7. The van der Waals surface area contributed by atoms with Gasteiger partial charge in [-0.15, -0.1) is 0 Å². The van der Waals surface area contributed by atoms with Crippen LogP contribution in [-0.2, 0) is 0 Å². The second-order valence-electron chi connectivity index (χ2n) is 3.75. The zero-order chi connectivity index (χ0) is 13.1. The van der Waals surface area contributed by atoms with Crippen molar-refractivity contribution in [2.24, 2.45) is 0 Å². The Morgan fingerprint density at radius 1 is 1.33 bits per heavy atom. The molecule has 0 aliphatic carbocycles. The molecule has 0 N–H and O–H groups in total. The third-order valence-corrected chi connectivity index (χ3v) is 3.24. The predicted octanol–water partition coefficient (Wildman–Crippen LogP) is 3.28. The molecule has 5 heteroatoms. The fourth-order valence-corrected chi connectivity index (χ4v) is 2.49. The van der Waals surface area contributed by atoms with Crippen LogP contribution < -0.4 is 0 Å². The highest BCUT2D eigenvalue weighted by Gasteiger charge is 2.14. The van der Waals surface area contributed by atoms with Gasteiger partial charge < -0.3 is 0 Å². The van der Waals surface area contributed by atoms with Gasteiger partial charge in [0.25, 0.3) is 0 Å². The van der Waals surface area contributed by atoms with Gasteiger partial charge in [-0.2, -0.15) is 0 Å². The van der Waals surface area contributed by atoms with Crippen LogP contribution in [-0.4, -0.2) is 15.8 Å². The van der Waals surface area contributed by atoms with Gasteiger partial charge in [-0.3, -0.25) is 4.79 Å². The summed E-state index contributed by atoms with van der Waals surface area (Å²) < 4.78 is 13.6. The van der Waals surface area contributed by atoms with Crippen molar-refractivity contribution in [3.63, 3.8) is 0 Å². The number of hydrogen-bond donors (Lipinski definition) is 0. The lowest BCUT2D eigenvalue weighted by molar-refractivity contribution is 0.101. The number of halogens is 1. The lowest BCUT2D eigenvalue weighted by atomic mass is 10.1. The first-order valence-electron chi connectivity index (χ1n) is 5.35. The van der Waals surface area contributed by atoms with E-state index < -0.39 is 5.82 Å². The van der Waals surface area contributed by atoms with Crippen molar-refractivity contribution in [2.45, 2.75) is 23.9 Å². The molecule has 0 aliphatic heterocycles. The molecule has 1 aromatic carbocycles. The number of carbonyl (C=O) groups is 1. The Hall–Kier alpha value is -1.75. The Balaban J connectivity index is 2.40. The minimum atomic E-state index is -0.514. The van der Waals surface area contributed by atoms with E-state index in [2.05, 4.69) is 9.97 Å². The molecule has 0 amide bonds. The van der Waals surface area contributed by atoms with Gasteiger partial charge in [0.05, 0.1) is 5.56 Å². The highest BCUT2D eigenvalue weighted by atomic mass is 32.2. The molecule has 0 saturated heterocycles. The van der Waals surface area contributed by atoms with Crippen molar-refractivity contribution in [3.05, 3.63) is 47.5 Å². The standard InChI is InChI=1S/C13H11FN2OS/c1-8-6-7-15-13(16-8)18-11-5-3-4-10(14)12(11)9(2)17/h3-7H,1-2H3. The quantitative estimate of drug-likeness (QED) is 0.629. The zero-order valence-electron chi connectivity index (χ0n) is 9.98. The third kappa shape index (κ3) is 2.73. The SMILES string of the molecule is CC(=O)c1c(F)cccc1Sc1nccc(C)n1. The van der Waals surface area contributed by atoms with Gasteiger partial charge in [0.1, 0.15) is 5.82 Å². The van der Waals surface area contributed by atoms with Gasteiger partial charge in [0.15, 0.2) is 10.9 Å². The highest BCUT2D eigenvalue weighted by Crippen LogP contribution is 2.29. The van der Waals surface area contributed by atoms with Gasteiger partial charge in [-0.05, 0) is 43.8 Å². The zero-order valence-corrected chi connectivity index (χ0v) is 10.8. The molecule has 0 radical (unpaired) electrons. The van der Waals surface area contributed by atoms with E-state index in [0.29, 0.717) is 10.1 Å². The number of carbonyl (C=O) groups excluding carboxylic acids is 1. The predicted molar refractivity (Wildman–Crippen MR) is 67.3 cm³/mol. The largest absolute Gasteiger partial charge is 0.294 e. The number of benzene rings is 1. The minimum absolute atomic E-state index is 0.0904. The average molecular weight is 262 g/mol. The molecule has 0 fully saturated rings. The fraction of sp³-hybridized carbons (Fsp3) is 0.154. The van der Waals surface area contributed by atoms with Crippen LogP contribution in [0.2, 0.25) is 0 Å². The Labute approximate surface area is 108 Å². The van der Waals surface area contributed by atoms with Crippen molar-refractivity contribution in [1.82, 2.24) is 9.97 Å². The van der Waals surface area contributed by atoms with Gasteiger partial charge in [-0.1, -0.05) is 6.07 Å². The topological polar surface area (TPSA) is 42.9 Å². The van der Waals surface area contributed by atoms with E-state index in [1.54, 1.807) is 24.4 Å². The molecule has 18 heavy (non-hydrogen) atoms. The highest BCUT2D eigenvalue weighted by molar-refractivity contribution is 7.99. The molecule has 0 saturated carbocycles. The number of aromatic nitrogens is 2. The van der Waals surface area contributed by atoms with Crippen LogP contribution in [0.25, 0.3) is 0 Å². The Bertz CT molecular complexity index is 601. The summed E-state index contributed by atoms with van der Waals surface area (Å²) in [5, 5.41) is 0.503. The summed E-state index contributed by atoms with van der Waals surface area (Å²) >= 11 is 1.19. The Kier molecular flexibility index (Phi) is 3.72. The molecule has 1 aromatic heterocycles. The summed E-state index contributed by atoms with van der Waals surface area (Å²) in [5.74, 6) is -0.816. The molecule has 0 atom stereocenters. The number of Topliss-reactive ketones (excluding diaryl/α,β-unsaturated/α-hetero) is 1. The molecule has 0 spiro atoms. The summed E-state index contributed by atoms with van der Waals surface area (Å²) in [6.45, 7) is 3.20. The van der Waals surface area contributed by atoms with Crippen molar-refractivity contribution in [1.29, 1.82) is 0 Å². The average Bonchev–Trinajstić information content (AvgIpc) is 2.28. The van der Waals surface area contributed by atoms with Crippen LogP contribution in [0.4, 0.5) is 4.39 Å². The van der Waals surface area contributed by atoms with E-state index in [4.69, 9.17) is 0 Å². The molecule has 2 aromatic rings. The molecular formula is C13H11FN2OS. The second-order valence-corrected chi connectivity index (χ2v) is 4.76. The van der Waals surface area contributed by atoms with Crippen LogP contribution in [0.15, 0.2) is 40.5 Å². The van der Waals surface area contributed by atoms with Gasteiger partial charge in [0.2, 0.25) is 0 Å². The van der Waals surface area contributed by atoms with Crippen molar-refractivity contribution in [3.8, 4) is 0 Å². The maximum absolute atomic E-state index is 13.6. The summed E-state index contributed by atoms with van der Waals surface area (Å²) in [7, 11) is 0. The number of hydrogen-bond acceptors (Lipinski definition) is 4. The van der Waals surface area contributed by atoms with E-state index >= 15 is 0 Å². The minimum Gasteiger partial charge on any atom is -0.294 e. The summed E-state index contributed by atoms with van der Waals surface area (Å²) in [6, 6.07) is 6.31. The molecular weight excluding hydrogens is 251 g/mol. The van der Waals surface area contributed by atoms with E-state index in [1.165, 1.54) is 24.8 Å². The van der Waals surface area contributed by atoms with Gasteiger partial charge in [-0.25, -0.2) is 14.4 Å². The van der Waals surface area contributed by atoms with Gasteiger partial charge >= 0.3 is 0 Å². The third-order valence-electron chi connectivity index (χ3n) is 2.30. The number of aryl methyl sites for hydroxylation is 1. The van der Waals surface area contributed by atoms with E-state index in [9.17, 15) is 9.18 Å². The van der Waals surface area contributed by atoms with E-state index in [-0.39, 0.29) is 11.3 Å². The van der Waals surface area contributed by atoms with Crippen LogP contribution in [0.5, 0.6) is 0 Å². The van der Waals surface area contributed by atoms with E-state index in [1.807, 2.05) is 6.92 Å².